The molecule has 9 nitrogen and oxygen atoms in total. The van der Waals surface area contributed by atoms with E-state index < -0.39 is 0 Å². The number of H-pyrrole nitrogens is 1. The van der Waals surface area contributed by atoms with E-state index in [1.54, 1.807) is 12.1 Å². The average molecular weight is 491 g/mol. The zero-order valence-electron chi connectivity index (χ0n) is 17.9. The molecule has 1 aromatic heterocycles. The Labute approximate surface area is 200 Å². The summed E-state index contributed by atoms with van der Waals surface area (Å²) in [5.74, 6) is 0.741. The first-order valence-corrected chi connectivity index (χ1v) is 11.5. The summed E-state index contributed by atoms with van der Waals surface area (Å²) in [6, 6.07) is 7.62. The fourth-order valence-corrected chi connectivity index (χ4v) is 4.55. The first kappa shape index (κ1) is 23.1. The third-order valence-electron chi connectivity index (χ3n) is 5.75. The lowest BCUT2D eigenvalue weighted by atomic mass is 9.84. The average Bonchev–Trinajstić information content (AvgIpc) is 3.31. The standard InChI is InChI=1S/C22H24Cl2N6O3/c1-12(13-5-3-2-4-6-13)25-21(32)16-11-15(7-8-19(16)31)33-20-17(23)9-14(10-18(20)24)26-22-27-29-30-28-22/h7-13,31H,2-6H2,1H3,(H,25,32)(H2,26,27,28,29,30)/t12-/m0/s1. The maximum Gasteiger partial charge on any atom is 0.267 e. The van der Waals surface area contributed by atoms with Gasteiger partial charge in [-0.25, -0.2) is 0 Å². The number of aromatic hydroxyl groups is 1. The van der Waals surface area contributed by atoms with Gasteiger partial charge in [0.15, 0.2) is 5.75 Å². The van der Waals surface area contributed by atoms with Gasteiger partial charge in [0.25, 0.3) is 11.9 Å². The highest BCUT2D eigenvalue weighted by atomic mass is 35.5. The lowest BCUT2D eigenvalue weighted by Crippen LogP contribution is -2.38. The molecule has 4 rings (SSSR count). The first-order chi connectivity index (χ1) is 15.9. The van der Waals surface area contributed by atoms with Crippen molar-refractivity contribution in [3.05, 3.63) is 45.9 Å². The minimum atomic E-state index is -0.354. The van der Waals surface area contributed by atoms with Crippen molar-refractivity contribution in [3.63, 3.8) is 0 Å². The number of benzene rings is 2. The number of halogens is 2. The molecule has 0 radical (unpaired) electrons. The summed E-state index contributed by atoms with van der Waals surface area (Å²) >= 11 is 12.7. The molecule has 1 aliphatic carbocycles. The Bertz CT molecular complexity index is 1100. The monoisotopic (exact) mass is 490 g/mol. The minimum absolute atomic E-state index is 0.0184. The molecule has 1 fully saturated rings. The molecular formula is C22H24Cl2N6O3. The van der Waals surface area contributed by atoms with Crippen LogP contribution in [0.3, 0.4) is 0 Å². The molecule has 11 heteroatoms. The smallest absolute Gasteiger partial charge is 0.267 e. The van der Waals surface area contributed by atoms with Gasteiger partial charge in [-0.15, -0.1) is 5.10 Å². The van der Waals surface area contributed by atoms with Gasteiger partial charge in [-0.2, -0.15) is 5.21 Å². The van der Waals surface area contributed by atoms with Gasteiger partial charge in [0.2, 0.25) is 0 Å². The second-order valence-electron chi connectivity index (χ2n) is 8.07. The molecule has 0 spiro atoms. The van der Waals surface area contributed by atoms with Crippen LogP contribution in [0.5, 0.6) is 17.2 Å². The van der Waals surface area contributed by atoms with Gasteiger partial charge in [-0.3, -0.25) is 4.79 Å². The van der Waals surface area contributed by atoms with Crippen LogP contribution in [0.25, 0.3) is 0 Å². The van der Waals surface area contributed by atoms with Crippen molar-refractivity contribution in [1.29, 1.82) is 0 Å². The summed E-state index contributed by atoms with van der Waals surface area (Å²) in [7, 11) is 0. The number of carbonyl (C=O) groups is 1. The van der Waals surface area contributed by atoms with Gasteiger partial charge in [-0.05, 0) is 61.2 Å². The van der Waals surface area contributed by atoms with Crippen LogP contribution in [0.15, 0.2) is 30.3 Å². The van der Waals surface area contributed by atoms with E-state index in [0.29, 0.717) is 17.4 Å². The molecule has 1 amide bonds. The van der Waals surface area contributed by atoms with Crippen molar-refractivity contribution in [1.82, 2.24) is 25.9 Å². The number of anilines is 2. The number of nitrogens with zero attached hydrogens (tertiary/aromatic N) is 3. The molecule has 1 saturated carbocycles. The van der Waals surface area contributed by atoms with Crippen molar-refractivity contribution < 1.29 is 14.6 Å². The Morgan fingerprint density at radius 2 is 1.91 bits per heavy atom. The van der Waals surface area contributed by atoms with Crippen LogP contribution < -0.4 is 15.4 Å². The van der Waals surface area contributed by atoms with Gasteiger partial charge in [0.1, 0.15) is 11.5 Å². The van der Waals surface area contributed by atoms with Crippen LogP contribution >= 0.6 is 23.2 Å². The molecule has 0 bridgehead atoms. The number of aromatic nitrogens is 4. The first-order valence-electron chi connectivity index (χ1n) is 10.7. The van der Waals surface area contributed by atoms with Gasteiger partial charge in [0.05, 0.1) is 15.6 Å². The third kappa shape index (κ3) is 5.66. The number of amides is 1. The zero-order valence-corrected chi connectivity index (χ0v) is 19.5. The van der Waals surface area contributed by atoms with Crippen LogP contribution in [-0.2, 0) is 0 Å². The predicted molar refractivity (Wildman–Crippen MR) is 126 cm³/mol. The lowest BCUT2D eigenvalue weighted by molar-refractivity contribution is 0.0916. The largest absolute Gasteiger partial charge is 0.507 e. The second kappa shape index (κ2) is 10.3. The van der Waals surface area contributed by atoms with E-state index >= 15 is 0 Å². The highest BCUT2D eigenvalue weighted by Crippen LogP contribution is 2.40. The fraction of sp³-hybridized carbons (Fsp3) is 0.364. The molecule has 3 aromatic rings. The molecule has 1 heterocycles. The van der Waals surface area contributed by atoms with Gasteiger partial charge in [-0.1, -0.05) is 47.6 Å². The maximum atomic E-state index is 12.8. The summed E-state index contributed by atoms with van der Waals surface area (Å²) < 4.78 is 5.86. The van der Waals surface area contributed by atoms with Gasteiger partial charge in [0, 0.05) is 11.7 Å². The molecule has 0 saturated heterocycles. The molecule has 0 aliphatic heterocycles. The SMILES string of the molecule is C[C@H](NC(=O)c1cc(Oc2c(Cl)cc(Nc3nn[nH]n3)cc2Cl)ccc1O)C1CCCCC1. The summed E-state index contributed by atoms with van der Waals surface area (Å²) in [5.41, 5.74) is 0.666. The highest BCUT2D eigenvalue weighted by Gasteiger charge is 2.23. The fourth-order valence-electron chi connectivity index (χ4n) is 3.99. The third-order valence-corrected chi connectivity index (χ3v) is 6.31. The van der Waals surface area contributed by atoms with Crippen LogP contribution in [0.2, 0.25) is 10.0 Å². The van der Waals surface area contributed by atoms with Crippen LogP contribution in [-0.4, -0.2) is 37.7 Å². The van der Waals surface area contributed by atoms with Crippen molar-refractivity contribution >= 4 is 40.7 Å². The molecule has 174 valence electrons. The van der Waals surface area contributed by atoms with E-state index in [2.05, 4.69) is 31.3 Å². The number of phenols is 1. The topological polar surface area (TPSA) is 125 Å². The van der Waals surface area contributed by atoms with Gasteiger partial charge < -0.3 is 20.5 Å². The normalized spacial score (nSPS) is 15.1. The van der Waals surface area contributed by atoms with Crippen LogP contribution in [0.1, 0.15) is 49.4 Å². The Balaban J connectivity index is 1.48. The van der Waals surface area contributed by atoms with E-state index in [1.807, 2.05) is 6.92 Å². The number of ether oxygens (including phenoxy) is 1. The number of nitrogens with one attached hydrogen (secondary N) is 3. The number of hydrogen-bond acceptors (Lipinski definition) is 7. The molecule has 0 unspecified atom stereocenters. The summed E-state index contributed by atoms with van der Waals surface area (Å²) in [5, 5.41) is 30.1. The van der Waals surface area contributed by atoms with Crippen molar-refractivity contribution in [2.24, 2.45) is 5.92 Å². The predicted octanol–water partition coefficient (Wildman–Crippen LogP) is 5.45. The number of aromatic amines is 1. The van der Waals surface area contributed by atoms with E-state index in [4.69, 9.17) is 27.9 Å². The quantitative estimate of drug-likeness (QED) is 0.347. The van der Waals surface area contributed by atoms with E-state index in [0.717, 1.165) is 12.8 Å². The Morgan fingerprint density at radius 3 is 2.58 bits per heavy atom. The number of rotatable bonds is 7. The number of hydrogen-bond donors (Lipinski definition) is 4. The summed E-state index contributed by atoms with van der Waals surface area (Å²) in [6.07, 6.45) is 5.82. The molecule has 2 aromatic carbocycles. The number of tetrazole rings is 1. The number of carbonyl (C=O) groups excluding carboxylic acids is 1. The molecular weight excluding hydrogens is 467 g/mol. The lowest BCUT2D eigenvalue weighted by Gasteiger charge is -2.28. The maximum absolute atomic E-state index is 12.8. The van der Waals surface area contributed by atoms with E-state index in [1.165, 1.54) is 37.5 Å². The Kier molecular flexibility index (Phi) is 7.20. The summed E-state index contributed by atoms with van der Waals surface area (Å²) in [6.45, 7) is 2.01. The summed E-state index contributed by atoms with van der Waals surface area (Å²) in [4.78, 5) is 12.8. The van der Waals surface area contributed by atoms with Gasteiger partial charge >= 0.3 is 0 Å². The van der Waals surface area contributed by atoms with Crippen molar-refractivity contribution in [2.75, 3.05) is 5.32 Å². The van der Waals surface area contributed by atoms with Crippen molar-refractivity contribution in [3.8, 4) is 17.2 Å². The van der Waals surface area contributed by atoms with E-state index in [9.17, 15) is 9.90 Å². The minimum Gasteiger partial charge on any atom is -0.507 e. The molecule has 1 aliphatic rings. The second-order valence-corrected chi connectivity index (χ2v) is 8.89. The number of phenolic OH excluding ortho intramolecular Hbond substituents is 1. The highest BCUT2D eigenvalue weighted by molar-refractivity contribution is 6.37. The molecule has 4 N–H and O–H groups in total. The molecule has 33 heavy (non-hydrogen) atoms. The van der Waals surface area contributed by atoms with Crippen LogP contribution in [0.4, 0.5) is 11.6 Å². The zero-order chi connectivity index (χ0) is 23.4. The van der Waals surface area contributed by atoms with Crippen molar-refractivity contribution in [2.45, 2.75) is 45.1 Å². The Hall–Kier alpha value is -3.04. The van der Waals surface area contributed by atoms with Crippen LogP contribution in [0, 0.1) is 5.92 Å². The molecule has 1 atom stereocenters. The Morgan fingerprint density at radius 1 is 1.18 bits per heavy atom. The van der Waals surface area contributed by atoms with E-state index in [-0.39, 0.29) is 45.0 Å².